The zero-order valence-electron chi connectivity index (χ0n) is 20.3. The van der Waals surface area contributed by atoms with Gasteiger partial charge in [0.15, 0.2) is 0 Å². The predicted octanol–water partition coefficient (Wildman–Crippen LogP) is 3.92. The Morgan fingerprint density at radius 3 is 2.32 bits per heavy atom. The van der Waals surface area contributed by atoms with E-state index in [0.29, 0.717) is 19.4 Å². The summed E-state index contributed by atoms with van der Waals surface area (Å²) in [6, 6.07) is 13.5. The van der Waals surface area contributed by atoms with Crippen molar-refractivity contribution >= 4 is 15.9 Å². The van der Waals surface area contributed by atoms with Crippen molar-refractivity contribution in [2.24, 2.45) is 11.8 Å². The van der Waals surface area contributed by atoms with Gasteiger partial charge in [-0.15, -0.1) is 0 Å². The van der Waals surface area contributed by atoms with Crippen LogP contribution in [0.1, 0.15) is 44.2 Å². The number of aryl methyl sites for hydroxylation is 1. The van der Waals surface area contributed by atoms with E-state index in [2.05, 4.69) is 0 Å². The first-order valence-electron chi connectivity index (χ1n) is 11.7. The van der Waals surface area contributed by atoms with E-state index in [0.717, 1.165) is 21.2 Å². The summed E-state index contributed by atoms with van der Waals surface area (Å²) in [5.74, 6) is -0.334. The molecule has 3 rings (SSSR count). The largest absolute Gasteiger partial charge is 0.497 e. The number of nitrogens with zero attached hydrogens (tertiary/aromatic N) is 1. The number of ether oxygens (including phenoxy) is 2. The van der Waals surface area contributed by atoms with Gasteiger partial charge in [-0.05, 0) is 61.9 Å². The van der Waals surface area contributed by atoms with Gasteiger partial charge in [-0.25, -0.2) is 12.7 Å². The highest BCUT2D eigenvalue weighted by Gasteiger charge is 2.48. The first-order valence-corrected chi connectivity index (χ1v) is 13.1. The summed E-state index contributed by atoms with van der Waals surface area (Å²) in [5, 5.41) is 10.8. The normalized spacial score (nSPS) is 19.6. The molecule has 0 aromatic heterocycles. The molecular weight excluding hydrogens is 454 g/mol. The van der Waals surface area contributed by atoms with Gasteiger partial charge in [0.1, 0.15) is 5.75 Å². The van der Waals surface area contributed by atoms with E-state index in [4.69, 9.17) is 9.47 Å². The smallest absolute Gasteiger partial charge is 0.266 e. The third-order valence-electron chi connectivity index (χ3n) is 6.16. The molecule has 0 spiro atoms. The lowest BCUT2D eigenvalue weighted by Crippen LogP contribution is -2.41. The molecule has 1 aliphatic heterocycles. The standard InChI is InChI=1S/C26H35NO6S/c1-18(2)15-21-16-24(25(28)13-14-33-17-20-7-9-22(32-4)10-8-20)26(29)27(21)34(30,31)23-11-5-19(3)6-12-23/h5-12,18,21,24-25,28H,13-17H2,1-4H3/t21-,24-,25-/m0/s1. The van der Waals surface area contributed by atoms with Crippen LogP contribution in [-0.4, -0.2) is 49.6 Å². The van der Waals surface area contributed by atoms with Crippen LogP contribution in [0.25, 0.3) is 0 Å². The first-order chi connectivity index (χ1) is 16.1. The maximum absolute atomic E-state index is 13.4. The number of methoxy groups -OCH3 is 1. The van der Waals surface area contributed by atoms with Crippen LogP contribution in [0, 0.1) is 18.8 Å². The Kier molecular flexibility index (Phi) is 8.73. The Labute approximate surface area is 202 Å². The quantitative estimate of drug-likeness (QED) is 0.481. The van der Waals surface area contributed by atoms with E-state index in [-0.39, 0.29) is 23.8 Å². The number of amides is 1. The highest BCUT2D eigenvalue weighted by Crippen LogP contribution is 2.36. The van der Waals surface area contributed by atoms with Crippen LogP contribution in [-0.2, 0) is 26.2 Å². The number of sulfonamides is 1. The predicted molar refractivity (Wildman–Crippen MR) is 130 cm³/mol. The second-order valence-corrected chi connectivity index (χ2v) is 11.1. The average molecular weight is 490 g/mol. The molecule has 186 valence electrons. The van der Waals surface area contributed by atoms with Crippen LogP contribution in [0.4, 0.5) is 0 Å². The third-order valence-corrected chi connectivity index (χ3v) is 8.03. The van der Waals surface area contributed by atoms with Gasteiger partial charge in [-0.2, -0.15) is 0 Å². The summed E-state index contributed by atoms with van der Waals surface area (Å²) in [6.07, 6.45) is 0.131. The topological polar surface area (TPSA) is 93.1 Å². The number of carbonyl (C=O) groups is 1. The molecule has 0 bridgehead atoms. The molecule has 7 nitrogen and oxygen atoms in total. The number of aliphatic hydroxyl groups is 1. The van der Waals surface area contributed by atoms with Gasteiger partial charge in [-0.1, -0.05) is 43.7 Å². The van der Waals surface area contributed by atoms with Crippen molar-refractivity contribution in [3.63, 3.8) is 0 Å². The highest BCUT2D eigenvalue weighted by molar-refractivity contribution is 7.89. The number of rotatable bonds is 11. The summed E-state index contributed by atoms with van der Waals surface area (Å²) in [5.41, 5.74) is 1.91. The lowest BCUT2D eigenvalue weighted by molar-refractivity contribution is -0.130. The molecule has 2 aromatic carbocycles. The minimum atomic E-state index is -4.00. The maximum atomic E-state index is 13.4. The van der Waals surface area contributed by atoms with Crippen molar-refractivity contribution in [3.05, 3.63) is 59.7 Å². The molecule has 1 heterocycles. The summed E-state index contributed by atoms with van der Waals surface area (Å²) in [4.78, 5) is 13.4. The van der Waals surface area contributed by atoms with Crippen molar-refractivity contribution in [3.8, 4) is 5.75 Å². The fraction of sp³-hybridized carbons (Fsp3) is 0.500. The van der Waals surface area contributed by atoms with Gasteiger partial charge in [0.2, 0.25) is 5.91 Å². The Bertz CT molecular complexity index is 1050. The van der Waals surface area contributed by atoms with Gasteiger partial charge >= 0.3 is 0 Å². The van der Waals surface area contributed by atoms with Crippen molar-refractivity contribution in [1.82, 2.24) is 4.31 Å². The van der Waals surface area contributed by atoms with Gasteiger partial charge in [0.05, 0.1) is 30.6 Å². The van der Waals surface area contributed by atoms with E-state index in [1.165, 1.54) is 12.1 Å². The average Bonchev–Trinajstić information content (AvgIpc) is 3.13. The second kappa shape index (κ2) is 11.3. The molecular formula is C26H35NO6S. The van der Waals surface area contributed by atoms with Crippen LogP contribution in [0.3, 0.4) is 0 Å². The van der Waals surface area contributed by atoms with Crippen LogP contribution < -0.4 is 4.74 Å². The van der Waals surface area contributed by atoms with Gasteiger partial charge in [0.25, 0.3) is 10.0 Å². The Morgan fingerprint density at radius 2 is 1.74 bits per heavy atom. The van der Waals surface area contributed by atoms with Crippen molar-refractivity contribution < 1.29 is 27.8 Å². The number of hydrogen-bond acceptors (Lipinski definition) is 6. The molecule has 2 aromatic rings. The monoisotopic (exact) mass is 489 g/mol. The molecule has 8 heteroatoms. The van der Waals surface area contributed by atoms with E-state index < -0.39 is 34.0 Å². The van der Waals surface area contributed by atoms with E-state index in [9.17, 15) is 18.3 Å². The van der Waals surface area contributed by atoms with Crippen LogP contribution in [0.15, 0.2) is 53.4 Å². The molecule has 0 aliphatic carbocycles. The van der Waals surface area contributed by atoms with Crippen molar-refractivity contribution in [2.75, 3.05) is 13.7 Å². The summed E-state index contributed by atoms with van der Waals surface area (Å²) >= 11 is 0. The summed E-state index contributed by atoms with van der Waals surface area (Å²) in [6.45, 7) is 6.51. The van der Waals surface area contributed by atoms with Gasteiger partial charge in [0, 0.05) is 12.6 Å². The zero-order chi connectivity index (χ0) is 24.9. The zero-order valence-corrected chi connectivity index (χ0v) is 21.1. The van der Waals surface area contributed by atoms with Crippen molar-refractivity contribution in [1.29, 1.82) is 0 Å². The Hall–Kier alpha value is -2.42. The maximum Gasteiger partial charge on any atom is 0.266 e. The molecule has 1 fully saturated rings. The highest BCUT2D eigenvalue weighted by atomic mass is 32.2. The molecule has 1 N–H and O–H groups in total. The molecule has 3 atom stereocenters. The SMILES string of the molecule is COc1ccc(COCC[C@H](O)[C@@H]2C[C@H](CC(C)C)N(S(=O)(=O)c3ccc(C)cc3)C2=O)cc1. The molecule has 1 saturated heterocycles. The number of carbonyl (C=O) groups excluding carboxylic acids is 1. The molecule has 0 saturated carbocycles. The first kappa shape index (κ1) is 26.2. The Balaban J connectivity index is 1.65. The summed E-state index contributed by atoms with van der Waals surface area (Å²) in [7, 11) is -2.39. The Morgan fingerprint density at radius 1 is 1.09 bits per heavy atom. The number of aliphatic hydroxyl groups excluding tert-OH is 1. The van der Waals surface area contributed by atoms with E-state index >= 15 is 0 Å². The molecule has 34 heavy (non-hydrogen) atoms. The van der Waals surface area contributed by atoms with E-state index in [1.807, 2.05) is 45.0 Å². The van der Waals surface area contributed by atoms with Crippen LogP contribution in [0.2, 0.25) is 0 Å². The number of benzene rings is 2. The minimum absolute atomic E-state index is 0.0955. The minimum Gasteiger partial charge on any atom is -0.497 e. The molecule has 1 aliphatic rings. The molecule has 0 radical (unpaired) electrons. The number of hydrogen-bond donors (Lipinski definition) is 1. The van der Waals surface area contributed by atoms with Gasteiger partial charge in [-0.3, -0.25) is 4.79 Å². The lowest BCUT2D eigenvalue weighted by Gasteiger charge is -2.25. The molecule has 0 unspecified atom stereocenters. The lowest BCUT2D eigenvalue weighted by atomic mass is 9.93. The van der Waals surface area contributed by atoms with E-state index in [1.54, 1.807) is 19.2 Å². The summed E-state index contributed by atoms with van der Waals surface area (Å²) < 4.78 is 38.6. The molecule has 1 amide bonds. The fourth-order valence-corrected chi connectivity index (χ4v) is 5.99. The third kappa shape index (κ3) is 6.17. The van der Waals surface area contributed by atoms with Crippen molar-refractivity contribution in [2.45, 2.75) is 63.7 Å². The van der Waals surface area contributed by atoms with Crippen LogP contribution >= 0.6 is 0 Å². The second-order valence-electron chi connectivity index (χ2n) is 9.33. The van der Waals surface area contributed by atoms with Crippen LogP contribution in [0.5, 0.6) is 5.75 Å². The fourth-order valence-electron chi connectivity index (χ4n) is 4.35. The van der Waals surface area contributed by atoms with Gasteiger partial charge < -0.3 is 14.6 Å².